The molecule has 0 unspecified atom stereocenters. The number of hydrogen-bond acceptors (Lipinski definition) is 3. The highest BCUT2D eigenvalue weighted by atomic mass is 16.6. The number of benzene rings is 1. The lowest BCUT2D eigenvalue weighted by Gasteiger charge is -2.31. The molecule has 4 heteroatoms. The molecule has 0 bridgehead atoms. The number of hydrogen-bond donors (Lipinski definition) is 1. The van der Waals surface area contributed by atoms with Crippen LogP contribution in [0.1, 0.15) is 28.8 Å². The first kappa shape index (κ1) is 13.1. The monoisotopic (exact) mass is 248 g/mol. The predicted molar refractivity (Wildman–Crippen MR) is 69.9 cm³/mol. The summed E-state index contributed by atoms with van der Waals surface area (Å²) in [4.78, 5) is 18.9. The number of nitrogens with zero attached hydrogens (tertiary/aromatic N) is 1. The lowest BCUT2D eigenvalue weighted by atomic mass is 9.97. The maximum atomic E-state index is 12.3. The molecule has 1 aromatic rings. The molecule has 1 heterocycles. The molecule has 1 saturated heterocycles. The van der Waals surface area contributed by atoms with Crippen LogP contribution in [-0.2, 0) is 4.84 Å². The third-order valence-corrected chi connectivity index (χ3v) is 3.50. The van der Waals surface area contributed by atoms with Crippen LogP contribution in [0.2, 0.25) is 0 Å². The normalized spacial score (nSPS) is 16.9. The molecule has 0 radical (unpaired) electrons. The van der Waals surface area contributed by atoms with Crippen LogP contribution in [0.5, 0.6) is 0 Å². The minimum Gasteiger partial charge on any atom is -0.339 e. The SMILES string of the molecule is Cc1cccc(C(=O)N2CCC(CON)CC2)c1. The number of piperidine rings is 1. The van der Waals surface area contributed by atoms with Gasteiger partial charge in [0.2, 0.25) is 0 Å². The average molecular weight is 248 g/mol. The van der Waals surface area contributed by atoms with Gasteiger partial charge in [-0.3, -0.25) is 4.79 Å². The van der Waals surface area contributed by atoms with E-state index in [1.807, 2.05) is 36.1 Å². The van der Waals surface area contributed by atoms with Gasteiger partial charge in [0.15, 0.2) is 0 Å². The quantitative estimate of drug-likeness (QED) is 0.829. The smallest absolute Gasteiger partial charge is 0.253 e. The van der Waals surface area contributed by atoms with Crippen molar-refractivity contribution in [2.75, 3.05) is 19.7 Å². The van der Waals surface area contributed by atoms with Gasteiger partial charge in [-0.25, -0.2) is 5.90 Å². The van der Waals surface area contributed by atoms with Crippen molar-refractivity contribution >= 4 is 5.91 Å². The van der Waals surface area contributed by atoms with E-state index in [9.17, 15) is 4.79 Å². The molecule has 1 aliphatic rings. The molecule has 1 fully saturated rings. The van der Waals surface area contributed by atoms with E-state index >= 15 is 0 Å². The van der Waals surface area contributed by atoms with Gasteiger partial charge in [-0.15, -0.1) is 0 Å². The van der Waals surface area contributed by atoms with Gasteiger partial charge in [0, 0.05) is 18.7 Å². The average Bonchev–Trinajstić information content (AvgIpc) is 2.39. The zero-order valence-electron chi connectivity index (χ0n) is 10.8. The molecular weight excluding hydrogens is 228 g/mol. The van der Waals surface area contributed by atoms with Crippen molar-refractivity contribution in [2.45, 2.75) is 19.8 Å². The van der Waals surface area contributed by atoms with Crippen molar-refractivity contribution in [3.63, 3.8) is 0 Å². The number of aryl methyl sites for hydroxylation is 1. The van der Waals surface area contributed by atoms with E-state index in [-0.39, 0.29) is 5.91 Å². The Bertz CT molecular complexity index is 412. The minimum atomic E-state index is 0.130. The van der Waals surface area contributed by atoms with Crippen LogP contribution in [-0.4, -0.2) is 30.5 Å². The zero-order valence-corrected chi connectivity index (χ0v) is 10.8. The second-order valence-electron chi connectivity index (χ2n) is 4.94. The number of amides is 1. The van der Waals surface area contributed by atoms with Gasteiger partial charge in [-0.1, -0.05) is 17.7 Å². The third-order valence-electron chi connectivity index (χ3n) is 3.50. The lowest BCUT2D eigenvalue weighted by molar-refractivity contribution is 0.0525. The summed E-state index contributed by atoms with van der Waals surface area (Å²) in [5, 5.41) is 0. The molecule has 1 aliphatic heterocycles. The van der Waals surface area contributed by atoms with E-state index < -0.39 is 0 Å². The van der Waals surface area contributed by atoms with E-state index in [0.717, 1.165) is 37.1 Å². The van der Waals surface area contributed by atoms with Gasteiger partial charge in [-0.05, 0) is 37.8 Å². The van der Waals surface area contributed by atoms with Crippen LogP contribution in [0.15, 0.2) is 24.3 Å². The third kappa shape index (κ3) is 3.09. The van der Waals surface area contributed by atoms with Gasteiger partial charge in [0.25, 0.3) is 5.91 Å². The van der Waals surface area contributed by atoms with Crippen molar-refractivity contribution in [2.24, 2.45) is 11.8 Å². The van der Waals surface area contributed by atoms with E-state index in [1.165, 1.54) is 0 Å². The van der Waals surface area contributed by atoms with Crippen LogP contribution in [0.25, 0.3) is 0 Å². The summed E-state index contributed by atoms with van der Waals surface area (Å²) in [6, 6.07) is 7.75. The van der Waals surface area contributed by atoms with Gasteiger partial charge in [-0.2, -0.15) is 0 Å². The maximum absolute atomic E-state index is 12.3. The summed E-state index contributed by atoms with van der Waals surface area (Å²) >= 11 is 0. The summed E-state index contributed by atoms with van der Waals surface area (Å²) in [6.07, 6.45) is 1.93. The molecule has 1 amide bonds. The van der Waals surface area contributed by atoms with E-state index in [1.54, 1.807) is 0 Å². The van der Waals surface area contributed by atoms with Gasteiger partial charge >= 0.3 is 0 Å². The summed E-state index contributed by atoms with van der Waals surface area (Å²) in [6.45, 7) is 4.18. The molecule has 0 saturated carbocycles. The Morgan fingerprint density at radius 1 is 1.44 bits per heavy atom. The first-order valence-corrected chi connectivity index (χ1v) is 6.38. The van der Waals surface area contributed by atoms with Crippen LogP contribution in [0.4, 0.5) is 0 Å². The molecule has 0 aliphatic carbocycles. The molecule has 0 aromatic heterocycles. The Hall–Kier alpha value is -1.39. The summed E-state index contributed by atoms with van der Waals surface area (Å²) in [7, 11) is 0. The van der Waals surface area contributed by atoms with E-state index in [4.69, 9.17) is 5.90 Å². The molecule has 0 atom stereocenters. The number of carbonyl (C=O) groups excluding carboxylic acids is 1. The van der Waals surface area contributed by atoms with E-state index in [0.29, 0.717) is 12.5 Å². The lowest BCUT2D eigenvalue weighted by Crippen LogP contribution is -2.39. The number of rotatable bonds is 3. The Morgan fingerprint density at radius 2 is 2.17 bits per heavy atom. The Kier molecular flexibility index (Phi) is 4.33. The van der Waals surface area contributed by atoms with Gasteiger partial charge < -0.3 is 9.74 Å². The second kappa shape index (κ2) is 5.98. The van der Waals surface area contributed by atoms with Crippen molar-refractivity contribution in [3.05, 3.63) is 35.4 Å². The van der Waals surface area contributed by atoms with Crippen LogP contribution in [0, 0.1) is 12.8 Å². The maximum Gasteiger partial charge on any atom is 0.253 e. The molecular formula is C14H20N2O2. The van der Waals surface area contributed by atoms with E-state index in [2.05, 4.69) is 4.84 Å². The fourth-order valence-electron chi connectivity index (χ4n) is 2.40. The van der Waals surface area contributed by atoms with Crippen LogP contribution >= 0.6 is 0 Å². The summed E-state index contributed by atoms with van der Waals surface area (Å²) in [5.74, 6) is 5.69. The first-order chi connectivity index (χ1) is 8.70. The molecule has 0 spiro atoms. The Labute approximate surface area is 108 Å². The standard InChI is InChI=1S/C14H20N2O2/c1-11-3-2-4-13(9-11)14(17)16-7-5-12(6-8-16)10-18-15/h2-4,9,12H,5-8,10,15H2,1H3. The molecule has 4 nitrogen and oxygen atoms in total. The summed E-state index contributed by atoms with van der Waals surface area (Å²) in [5.41, 5.74) is 1.90. The van der Waals surface area contributed by atoms with Crippen LogP contribution in [0.3, 0.4) is 0 Å². The largest absolute Gasteiger partial charge is 0.339 e. The fraction of sp³-hybridized carbons (Fsp3) is 0.500. The minimum absolute atomic E-state index is 0.130. The molecule has 18 heavy (non-hydrogen) atoms. The Morgan fingerprint density at radius 3 is 2.78 bits per heavy atom. The molecule has 2 N–H and O–H groups in total. The number of carbonyl (C=O) groups is 1. The van der Waals surface area contributed by atoms with Crippen molar-refractivity contribution in [1.29, 1.82) is 0 Å². The van der Waals surface area contributed by atoms with Gasteiger partial charge in [0.05, 0.1) is 6.61 Å². The van der Waals surface area contributed by atoms with Crippen molar-refractivity contribution in [1.82, 2.24) is 4.90 Å². The van der Waals surface area contributed by atoms with Crippen molar-refractivity contribution < 1.29 is 9.63 Å². The van der Waals surface area contributed by atoms with Gasteiger partial charge in [0.1, 0.15) is 0 Å². The highest BCUT2D eigenvalue weighted by Gasteiger charge is 2.23. The number of nitrogens with two attached hydrogens (primary N) is 1. The Balaban J connectivity index is 1.95. The second-order valence-corrected chi connectivity index (χ2v) is 4.94. The van der Waals surface area contributed by atoms with Crippen LogP contribution < -0.4 is 5.90 Å². The topological polar surface area (TPSA) is 55.6 Å². The summed E-state index contributed by atoms with van der Waals surface area (Å²) < 4.78 is 0. The fourth-order valence-corrected chi connectivity index (χ4v) is 2.40. The predicted octanol–water partition coefficient (Wildman–Crippen LogP) is 1.74. The zero-order chi connectivity index (χ0) is 13.0. The molecule has 1 aromatic carbocycles. The highest BCUT2D eigenvalue weighted by Crippen LogP contribution is 2.19. The highest BCUT2D eigenvalue weighted by molar-refractivity contribution is 5.94. The first-order valence-electron chi connectivity index (χ1n) is 6.38. The number of likely N-dealkylation sites (tertiary alicyclic amines) is 1. The van der Waals surface area contributed by atoms with Crippen molar-refractivity contribution in [3.8, 4) is 0 Å². The molecule has 98 valence electrons. The molecule has 2 rings (SSSR count).